The zero-order valence-electron chi connectivity index (χ0n) is 42.5. The standard InChI is InChI=1S/C29H30ClN5.C22H24ClN5.C4H9O.K.O2/c1-20-10-7-14-23-26(20)32-29(33-28(23)31-16-9-17-34(2)3)24-19-35(18-21-11-5-4-6-12-21)27-22(24)13-8-15-25(27)30;1-14-7-4-9-16-19(14)26-22(27-21(16)24-11-6-12-28(2)3)17-13-25-20-15(17)8-5-10-18(20)23;1-4(2,3)5;;1-2/h4-8,10-15,19H,9,16-18H2,1-3H3,(H,31,32,33);4-5,7-10,13,25H,6,11-12H2,1-3H3,(H,24,26,27);1-3H3;;/q;;-1;+1;. The maximum absolute atomic E-state index is 10.1. The number of H-pyrrole nitrogens is 1. The number of nitrogens with one attached hydrogen (secondary N) is 3. The second kappa shape index (κ2) is 26.7. The van der Waals surface area contributed by atoms with Gasteiger partial charge in [-0.15, -0.1) is 5.60 Å². The molecule has 4 heterocycles. The molecule has 16 heteroatoms. The van der Waals surface area contributed by atoms with Crippen LogP contribution < -0.4 is 67.1 Å². The van der Waals surface area contributed by atoms with Crippen molar-refractivity contribution in [1.29, 1.82) is 0 Å². The number of para-hydroxylation sites is 4. The Morgan fingerprint density at radius 1 is 0.620 bits per heavy atom. The third-order valence-electron chi connectivity index (χ3n) is 11.2. The van der Waals surface area contributed by atoms with Crippen molar-refractivity contribution < 1.29 is 56.5 Å². The summed E-state index contributed by atoms with van der Waals surface area (Å²) in [6.45, 7) is 13.6. The molecule has 0 aliphatic heterocycles. The van der Waals surface area contributed by atoms with Crippen molar-refractivity contribution in [1.82, 2.24) is 39.3 Å². The molecule has 0 saturated carbocycles. The van der Waals surface area contributed by atoms with E-state index >= 15 is 0 Å². The number of nitrogens with zero attached hydrogens (tertiary/aromatic N) is 7. The Hall–Kier alpha value is -4.84. The number of fused-ring (bicyclic) bond motifs is 4. The fourth-order valence-electron chi connectivity index (χ4n) is 8.01. The maximum atomic E-state index is 10.1. The molecule has 9 aromatic rings. The van der Waals surface area contributed by atoms with E-state index < -0.39 is 5.60 Å². The number of hydrogen-bond acceptors (Lipinski definition) is 11. The number of benzene rings is 5. The summed E-state index contributed by atoms with van der Waals surface area (Å²) in [5, 5.41) is 22.8. The fraction of sp³-hybridized carbons (Fsp3) is 0.309. The quantitative estimate of drug-likeness (QED) is 0.0705. The van der Waals surface area contributed by atoms with Gasteiger partial charge in [0.15, 0.2) is 11.6 Å². The average molecular weight is 1020 g/mol. The van der Waals surface area contributed by atoms with Crippen LogP contribution in [-0.2, 0) is 6.54 Å². The van der Waals surface area contributed by atoms with Crippen LogP contribution in [0.5, 0.6) is 0 Å². The van der Waals surface area contributed by atoms with Crippen LogP contribution in [0.4, 0.5) is 11.6 Å². The molecule has 0 saturated heterocycles. The van der Waals surface area contributed by atoms with Crippen LogP contribution in [0, 0.1) is 23.8 Å². The van der Waals surface area contributed by atoms with Crippen LogP contribution in [0.3, 0.4) is 0 Å². The number of anilines is 2. The maximum Gasteiger partial charge on any atom is 1.00 e. The minimum atomic E-state index is -0.750. The first-order valence-corrected chi connectivity index (χ1v) is 24.1. The van der Waals surface area contributed by atoms with Crippen molar-refractivity contribution in [3.63, 3.8) is 0 Å². The van der Waals surface area contributed by atoms with E-state index in [1.807, 2.05) is 42.6 Å². The summed E-state index contributed by atoms with van der Waals surface area (Å²) in [7, 11) is 8.36. The Balaban J connectivity index is 0.000000235. The molecule has 4 aromatic heterocycles. The molecule has 0 spiro atoms. The molecule has 0 amide bonds. The van der Waals surface area contributed by atoms with E-state index in [2.05, 4.69) is 145 Å². The van der Waals surface area contributed by atoms with Gasteiger partial charge in [-0.3, -0.25) is 0 Å². The minimum absolute atomic E-state index is 0. The number of aromatic nitrogens is 6. The summed E-state index contributed by atoms with van der Waals surface area (Å²) in [6, 6.07) is 34.8. The van der Waals surface area contributed by atoms with E-state index in [1.165, 1.54) is 5.56 Å². The molecular weight excluding hydrogens is 959 g/mol. The van der Waals surface area contributed by atoms with E-state index in [0.717, 1.165) is 128 Å². The van der Waals surface area contributed by atoms with Gasteiger partial charge in [-0.25, -0.2) is 19.9 Å². The fourth-order valence-corrected chi connectivity index (χ4v) is 8.52. The van der Waals surface area contributed by atoms with Crippen LogP contribution in [0.2, 0.25) is 10.0 Å². The number of aromatic amines is 1. The number of halogens is 2. The summed E-state index contributed by atoms with van der Waals surface area (Å²) in [4.78, 5) is 41.5. The molecule has 13 nitrogen and oxygen atoms in total. The smallest absolute Gasteiger partial charge is 0.850 e. The monoisotopic (exact) mass is 1020 g/mol. The zero-order chi connectivity index (χ0) is 50.5. The van der Waals surface area contributed by atoms with Crippen LogP contribution in [-0.4, -0.2) is 99.3 Å². The molecule has 0 aliphatic carbocycles. The van der Waals surface area contributed by atoms with E-state index in [-0.39, 0.29) is 51.4 Å². The van der Waals surface area contributed by atoms with Gasteiger partial charge < -0.3 is 35.1 Å². The van der Waals surface area contributed by atoms with Crippen molar-refractivity contribution in [3.05, 3.63) is 152 Å². The summed E-state index contributed by atoms with van der Waals surface area (Å²) < 4.78 is 2.21. The Bertz CT molecular complexity index is 3150. The first-order valence-electron chi connectivity index (χ1n) is 23.3. The van der Waals surface area contributed by atoms with Crippen LogP contribution in [0.25, 0.3) is 66.4 Å². The van der Waals surface area contributed by atoms with Gasteiger partial charge in [0.25, 0.3) is 0 Å². The minimum Gasteiger partial charge on any atom is -0.850 e. The van der Waals surface area contributed by atoms with Gasteiger partial charge in [0.2, 0.25) is 0 Å². The first-order chi connectivity index (χ1) is 33.5. The number of rotatable bonds is 14. The Morgan fingerprint density at radius 2 is 1.08 bits per heavy atom. The van der Waals surface area contributed by atoms with Crippen LogP contribution in [0.15, 0.2) is 116 Å². The molecule has 0 aliphatic rings. The molecule has 0 bridgehead atoms. The SMILES string of the molecule is CC(C)(C)[O-].Cc1cccc2c(NCCCN(C)C)nc(-c3c[nH]c4c(Cl)cccc34)nc12.Cc1cccc2c(NCCCN(C)C)nc(-c3cn(Cc4ccccc4)c4c(Cl)cccc34)nc12.O=O.[K+]. The molecule has 71 heavy (non-hydrogen) atoms. The molecule has 0 unspecified atom stereocenters. The van der Waals surface area contributed by atoms with E-state index in [1.54, 1.807) is 20.8 Å². The van der Waals surface area contributed by atoms with E-state index in [4.69, 9.17) is 53.1 Å². The van der Waals surface area contributed by atoms with Crippen LogP contribution in [0.1, 0.15) is 50.3 Å². The van der Waals surface area contributed by atoms with E-state index in [9.17, 15) is 5.11 Å². The topological polar surface area (TPSA) is 160 Å². The predicted molar refractivity (Wildman–Crippen MR) is 292 cm³/mol. The molecule has 9 rings (SSSR count). The Kier molecular flexibility index (Phi) is 21.5. The van der Waals surface area contributed by atoms with Gasteiger partial charge >= 0.3 is 51.4 Å². The summed E-state index contributed by atoms with van der Waals surface area (Å²) in [5.41, 5.74) is 8.53. The molecule has 3 N–H and O–H groups in total. The van der Waals surface area contributed by atoms with Gasteiger partial charge in [0.05, 0.1) is 32.1 Å². The molecule has 0 fully saturated rings. The van der Waals surface area contributed by atoms with Crippen molar-refractivity contribution in [2.45, 2.75) is 59.6 Å². The van der Waals surface area contributed by atoms with Crippen molar-refractivity contribution >= 4 is 78.4 Å². The third-order valence-corrected chi connectivity index (χ3v) is 11.8. The molecular formula is C55H63Cl2KN10O3. The van der Waals surface area contributed by atoms with Gasteiger partial charge in [-0.1, -0.05) is 123 Å². The predicted octanol–water partition coefficient (Wildman–Crippen LogP) is 8.94. The Labute approximate surface area is 469 Å². The van der Waals surface area contributed by atoms with Gasteiger partial charge in [0, 0.05) is 74.6 Å². The molecule has 366 valence electrons. The van der Waals surface area contributed by atoms with Gasteiger partial charge in [-0.05, 0) is 109 Å². The summed E-state index contributed by atoms with van der Waals surface area (Å²) in [5.74, 6) is 3.16. The molecule has 0 radical (unpaired) electrons. The normalized spacial score (nSPS) is 11.2. The first kappa shape index (κ1) is 57.1. The molecule has 0 atom stereocenters. The Morgan fingerprint density at radius 3 is 1.61 bits per heavy atom. The summed E-state index contributed by atoms with van der Waals surface area (Å²) >= 11 is 13.0. The van der Waals surface area contributed by atoms with Crippen molar-refractivity contribution in [2.24, 2.45) is 0 Å². The van der Waals surface area contributed by atoms with Gasteiger partial charge in [0.1, 0.15) is 11.6 Å². The number of hydrogen-bond donors (Lipinski definition) is 3. The number of aryl methyl sites for hydroxylation is 2. The second-order valence-electron chi connectivity index (χ2n) is 18.7. The van der Waals surface area contributed by atoms with Crippen LogP contribution >= 0.6 is 23.2 Å². The zero-order valence-corrected chi connectivity index (χ0v) is 47.2. The summed E-state index contributed by atoms with van der Waals surface area (Å²) in [6.07, 6.45) is 6.15. The van der Waals surface area contributed by atoms with Crippen molar-refractivity contribution in [3.8, 4) is 22.8 Å². The molecule has 5 aromatic carbocycles. The van der Waals surface area contributed by atoms with Crippen molar-refractivity contribution in [2.75, 3.05) is 65.0 Å². The average Bonchev–Trinajstić information content (AvgIpc) is 3.93. The second-order valence-corrected chi connectivity index (χ2v) is 19.5. The van der Waals surface area contributed by atoms with Gasteiger partial charge in [-0.2, -0.15) is 0 Å². The largest absolute Gasteiger partial charge is 1.00 e. The third kappa shape index (κ3) is 15.3. The van der Waals surface area contributed by atoms with E-state index in [0.29, 0.717) is 16.7 Å².